The Morgan fingerprint density at radius 3 is 3.10 bits per heavy atom. The van der Waals surface area contributed by atoms with E-state index in [0.717, 1.165) is 16.0 Å². The summed E-state index contributed by atoms with van der Waals surface area (Å²) in [7, 11) is 0. The third kappa shape index (κ3) is 2.82. The van der Waals surface area contributed by atoms with Gasteiger partial charge in [0.1, 0.15) is 17.0 Å². The van der Waals surface area contributed by atoms with E-state index in [1.807, 2.05) is 13.0 Å². The number of hydrogen-bond donors (Lipinski definition) is 2. The summed E-state index contributed by atoms with van der Waals surface area (Å²) in [5.41, 5.74) is -0.0621. The van der Waals surface area contributed by atoms with Crippen molar-refractivity contribution in [1.82, 2.24) is 25.0 Å². The molecule has 0 aliphatic carbocycles. The number of carboxylic acids is 1. The number of anilines is 1. The number of aromatic nitrogens is 5. The van der Waals surface area contributed by atoms with E-state index in [9.17, 15) is 4.79 Å². The molecule has 0 aliphatic heterocycles. The summed E-state index contributed by atoms with van der Waals surface area (Å²) in [5, 5.41) is 20.3. The lowest BCUT2D eigenvalue weighted by Gasteiger charge is -2.05. The van der Waals surface area contributed by atoms with Crippen molar-refractivity contribution in [3.8, 4) is 0 Å². The number of carboxylic acid groups (broad SMARTS) is 1. The summed E-state index contributed by atoms with van der Waals surface area (Å²) >= 11 is 1.62. The Bertz CT molecular complexity index is 796. The quantitative estimate of drug-likeness (QED) is 0.733. The number of nitrogens with zero attached hydrogens (tertiary/aromatic N) is 5. The van der Waals surface area contributed by atoms with E-state index in [-0.39, 0.29) is 5.69 Å². The highest BCUT2D eigenvalue weighted by Crippen LogP contribution is 2.27. The van der Waals surface area contributed by atoms with Gasteiger partial charge in [-0.2, -0.15) is 0 Å². The minimum Gasteiger partial charge on any atom is -0.476 e. The number of fused-ring (bicyclic) bond motifs is 1. The fraction of sp³-hybridized carbons (Fsp3) is 0.250. The first-order valence-corrected chi connectivity index (χ1v) is 7.03. The molecular formula is C12H12N6O2S. The maximum Gasteiger partial charge on any atom is 0.358 e. The SMILES string of the molecule is Cc1cc2c(NCCn3cc(C(=O)O)nn3)ncnc2s1. The molecule has 0 unspecified atom stereocenters. The Morgan fingerprint density at radius 2 is 2.33 bits per heavy atom. The Balaban J connectivity index is 1.67. The molecule has 0 bridgehead atoms. The van der Waals surface area contributed by atoms with Crippen molar-refractivity contribution in [1.29, 1.82) is 0 Å². The van der Waals surface area contributed by atoms with Gasteiger partial charge in [0.2, 0.25) is 0 Å². The molecule has 0 aromatic carbocycles. The minimum atomic E-state index is -1.08. The molecule has 108 valence electrons. The van der Waals surface area contributed by atoms with Crippen molar-refractivity contribution in [2.45, 2.75) is 13.5 Å². The second kappa shape index (κ2) is 5.44. The second-order valence-electron chi connectivity index (χ2n) is 4.40. The first kappa shape index (κ1) is 13.4. The topological polar surface area (TPSA) is 106 Å². The monoisotopic (exact) mass is 304 g/mol. The van der Waals surface area contributed by atoms with Gasteiger partial charge in [-0.05, 0) is 13.0 Å². The van der Waals surface area contributed by atoms with Crippen molar-refractivity contribution in [3.63, 3.8) is 0 Å². The normalized spacial score (nSPS) is 10.9. The van der Waals surface area contributed by atoms with Crippen LogP contribution in [0.5, 0.6) is 0 Å². The van der Waals surface area contributed by atoms with E-state index < -0.39 is 5.97 Å². The summed E-state index contributed by atoms with van der Waals surface area (Å²) in [6.45, 7) is 3.08. The molecule has 0 spiro atoms. The first-order valence-electron chi connectivity index (χ1n) is 6.22. The standard InChI is InChI=1S/C12H12N6O2S/c1-7-4-8-10(14-6-15-11(8)21-7)13-2-3-18-5-9(12(19)20)16-17-18/h4-6H,2-3H2,1H3,(H,19,20)(H,13,14,15). The third-order valence-corrected chi connectivity index (χ3v) is 3.80. The van der Waals surface area contributed by atoms with Crippen LogP contribution in [-0.4, -0.2) is 42.6 Å². The van der Waals surface area contributed by atoms with E-state index in [1.165, 1.54) is 22.1 Å². The molecule has 0 fully saturated rings. The van der Waals surface area contributed by atoms with Gasteiger partial charge >= 0.3 is 5.97 Å². The number of rotatable bonds is 5. The average Bonchev–Trinajstić information content (AvgIpc) is 3.04. The number of nitrogens with one attached hydrogen (secondary N) is 1. The molecule has 8 nitrogen and oxygen atoms in total. The van der Waals surface area contributed by atoms with Crippen LogP contribution in [0.15, 0.2) is 18.6 Å². The van der Waals surface area contributed by atoms with Gasteiger partial charge in [0, 0.05) is 11.4 Å². The molecule has 3 aromatic heterocycles. The first-order chi connectivity index (χ1) is 10.1. The van der Waals surface area contributed by atoms with Gasteiger partial charge in [-0.15, -0.1) is 16.4 Å². The zero-order chi connectivity index (χ0) is 14.8. The lowest BCUT2D eigenvalue weighted by atomic mass is 10.3. The lowest BCUT2D eigenvalue weighted by Crippen LogP contribution is -2.12. The Labute approximate surface area is 123 Å². The maximum absolute atomic E-state index is 10.7. The molecule has 3 aromatic rings. The fourth-order valence-corrected chi connectivity index (χ4v) is 2.76. The van der Waals surface area contributed by atoms with E-state index in [1.54, 1.807) is 11.3 Å². The van der Waals surface area contributed by atoms with Crippen LogP contribution < -0.4 is 5.32 Å². The molecule has 9 heteroatoms. The Morgan fingerprint density at radius 1 is 1.48 bits per heavy atom. The Kier molecular flexibility index (Phi) is 3.48. The van der Waals surface area contributed by atoms with Crippen LogP contribution in [0.2, 0.25) is 0 Å². The van der Waals surface area contributed by atoms with E-state index in [2.05, 4.69) is 25.6 Å². The molecule has 0 saturated heterocycles. The van der Waals surface area contributed by atoms with Crippen LogP contribution in [-0.2, 0) is 6.54 Å². The van der Waals surface area contributed by atoms with Gasteiger partial charge in [0.15, 0.2) is 5.69 Å². The summed E-state index contributed by atoms with van der Waals surface area (Å²) < 4.78 is 1.48. The number of aromatic carboxylic acids is 1. The van der Waals surface area contributed by atoms with Crippen LogP contribution in [0.3, 0.4) is 0 Å². The molecule has 0 amide bonds. The highest BCUT2D eigenvalue weighted by molar-refractivity contribution is 7.18. The molecule has 0 radical (unpaired) electrons. The molecule has 2 N–H and O–H groups in total. The van der Waals surface area contributed by atoms with Gasteiger partial charge in [-0.25, -0.2) is 19.4 Å². The van der Waals surface area contributed by atoms with Crippen molar-refractivity contribution < 1.29 is 9.90 Å². The summed E-state index contributed by atoms with van der Waals surface area (Å²) in [4.78, 5) is 21.3. The summed E-state index contributed by atoms with van der Waals surface area (Å²) in [5.74, 6) is -0.316. The van der Waals surface area contributed by atoms with Crippen LogP contribution >= 0.6 is 11.3 Å². The van der Waals surface area contributed by atoms with E-state index >= 15 is 0 Å². The third-order valence-electron chi connectivity index (χ3n) is 2.84. The molecule has 3 heterocycles. The predicted molar refractivity (Wildman–Crippen MR) is 77.6 cm³/mol. The number of aryl methyl sites for hydroxylation is 1. The highest BCUT2D eigenvalue weighted by atomic mass is 32.1. The molecular weight excluding hydrogens is 292 g/mol. The Hall–Kier alpha value is -2.55. The molecule has 21 heavy (non-hydrogen) atoms. The zero-order valence-corrected chi connectivity index (χ0v) is 12.0. The molecule has 0 atom stereocenters. The second-order valence-corrected chi connectivity index (χ2v) is 5.63. The maximum atomic E-state index is 10.7. The van der Waals surface area contributed by atoms with Crippen LogP contribution in [0.1, 0.15) is 15.4 Å². The fourth-order valence-electron chi connectivity index (χ4n) is 1.91. The smallest absolute Gasteiger partial charge is 0.358 e. The van der Waals surface area contributed by atoms with E-state index in [0.29, 0.717) is 13.1 Å². The van der Waals surface area contributed by atoms with Crippen molar-refractivity contribution >= 4 is 33.3 Å². The van der Waals surface area contributed by atoms with Gasteiger partial charge in [-0.3, -0.25) is 0 Å². The van der Waals surface area contributed by atoms with Gasteiger partial charge in [0.05, 0.1) is 18.1 Å². The van der Waals surface area contributed by atoms with Gasteiger partial charge in [-0.1, -0.05) is 5.21 Å². The minimum absolute atomic E-state index is 0.0621. The summed E-state index contributed by atoms with van der Waals surface area (Å²) in [6.07, 6.45) is 2.92. The van der Waals surface area contributed by atoms with Gasteiger partial charge < -0.3 is 10.4 Å². The van der Waals surface area contributed by atoms with Crippen molar-refractivity contribution in [2.75, 3.05) is 11.9 Å². The molecule has 0 saturated carbocycles. The zero-order valence-electron chi connectivity index (χ0n) is 11.1. The van der Waals surface area contributed by atoms with Gasteiger partial charge in [0.25, 0.3) is 0 Å². The van der Waals surface area contributed by atoms with Crippen molar-refractivity contribution in [3.05, 3.63) is 29.2 Å². The number of hydrogen-bond acceptors (Lipinski definition) is 7. The highest BCUT2D eigenvalue weighted by Gasteiger charge is 2.09. The van der Waals surface area contributed by atoms with Crippen LogP contribution in [0, 0.1) is 6.92 Å². The average molecular weight is 304 g/mol. The predicted octanol–water partition coefficient (Wildman–Crippen LogP) is 1.40. The van der Waals surface area contributed by atoms with E-state index in [4.69, 9.17) is 5.11 Å². The number of carbonyl (C=O) groups is 1. The van der Waals surface area contributed by atoms with Crippen molar-refractivity contribution in [2.24, 2.45) is 0 Å². The number of thiophene rings is 1. The summed E-state index contributed by atoms with van der Waals surface area (Å²) in [6, 6.07) is 2.04. The largest absolute Gasteiger partial charge is 0.476 e. The van der Waals surface area contributed by atoms with Crippen LogP contribution in [0.25, 0.3) is 10.2 Å². The molecule has 0 aliphatic rings. The lowest BCUT2D eigenvalue weighted by molar-refractivity contribution is 0.0690. The van der Waals surface area contributed by atoms with Crippen LogP contribution in [0.4, 0.5) is 5.82 Å². The molecule has 3 rings (SSSR count).